The van der Waals surface area contributed by atoms with Crippen molar-refractivity contribution in [3.8, 4) is 11.5 Å². The van der Waals surface area contributed by atoms with E-state index in [1.54, 1.807) is 0 Å². The van der Waals surface area contributed by atoms with Crippen LogP contribution in [0.1, 0.15) is 23.3 Å². The maximum atomic E-state index is 6.32. The fourth-order valence-electron chi connectivity index (χ4n) is 3.48. The van der Waals surface area contributed by atoms with Crippen LogP contribution in [0.25, 0.3) is 0 Å². The number of hydrogen-bond acceptors (Lipinski definition) is 4. The SMILES string of the molecule is CCOc1ccccc1OCCN=C1CS[C@H](c2ccccc2)c2cc(Cl)ccc2N1. The Morgan fingerprint density at radius 1 is 1.00 bits per heavy atom. The minimum Gasteiger partial charge on any atom is -0.490 e. The zero-order valence-electron chi connectivity index (χ0n) is 17.4. The number of anilines is 1. The number of halogens is 1. The number of aliphatic imine (C=N–C) groups is 1. The molecule has 0 saturated carbocycles. The third-order valence-electron chi connectivity index (χ3n) is 4.86. The topological polar surface area (TPSA) is 42.9 Å². The lowest BCUT2D eigenvalue weighted by Gasteiger charge is -2.17. The van der Waals surface area contributed by atoms with Crippen molar-refractivity contribution in [2.45, 2.75) is 12.2 Å². The molecule has 0 bridgehead atoms. The number of rotatable bonds is 7. The first-order valence-electron chi connectivity index (χ1n) is 10.4. The van der Waals surface area contributed by atoms with E-state index in [0.29, 0.717) is 19.8 Å². The number of thioether (sulfide) groups is 1. The number of nitrogens with zero attached hydrogens (tertiary/aromatic N) is 1. The molecule has 1 aliphatic heterocycles. The van der Waals surface area contributed by atoms with E-state index >= 15 is 0 Å². The molecule has 31 heavy (non-hydrogen) atoms. The minimum absolute atomic E-state index is 0.199. The highest BCUT2D eigenvalue weighted by Crippen LogP contribution is 2.42. The summed E-state index contributed by atoms with van der Waals surface area (Å²) in [6.45, 7) is 3.61. The van der Waals surface area contributed by atoms with E-state index in [4.69, 9.17) is 26.1 Å². The van der Waals surface area contributed by atoms with Gasteiger partial charge in [0.15, 0.2) is 11.5 Å². The predicted molar refractivity (Wildman–Crippen MR) is 131 cm³/mol. The van der Waals surface area contributed by atoms with Crippen LogP contribution in [-0.2, 0) is 0 Å². The number of nitrogens with one attached hydrogen (secondary N) is 1. The summed E-state index contributed by atoms with van der Waals surface area (Å²) >= 11 is 8.17. The van der Waals surface area contributed by atoms with Gasteiger partial charge in [0.25, 0.3) is 0 Å². The van der Waals surface area contributed by atoms with E-state index < -0.39 is 0 Å². The number of fused-ring (bicyclic) bond motifs is 1. The van der Waals surface area contributed by atoms with Gasteiger partial charge in [-0.1, -0.05) is 54.1 Å². The van der Waals surface area contributed by atoms with Crippen molar-refractivity contribution in [2.75, 3.05) is 30.8 Å². The largest absolute Gasteiger partial charge is 0.490 e. The van der Waals surface area contributed by atoms with Crippen molar-refractivity contribution < 1.29 is 9.47 Å². The van der Waals surface area contributed by atoms with E-state index in [1.807, 2.05) is 67.2 Å². The first-order valence-corrected chi connectivity index (χ1v) is 11.8. The Morgan fingerprint density at radius 3 is 2.52 bits per heavy atom. The molecule has 0 amide bonds. The zero-order chi connectivity index (χ0) is 21.5. The van der Waals surface area contributed by atoms with Crippen molar-refractivity contribution in [3.05, 3.63) is 88.9 Å². The number of hydrogen-bond donors (Lipinski definition) is 1. The molecule has 0 saturated heterocycles. The fourth-order valence-corrected chi connectivity index (χ4v) is 4.87. The molecule has 0 unspecified atom stereocenters. The maximum absolute atomic E-state index is 6.32. The molecular weight excluding hydrogens is 428 g/mol. The second kappa shape index (κ2) is 10.6. The third-order valence-corrected chi connectivity index (χ3v) is 6.40. The Hall–Kier alpha value is -2.63. The van der Waals surface area contributed by atoms with E-state index in [2.05, 4.69) is 29.6 Å². The molecule has 0 aliphatic carbocycles. The normalized spacial score (nSPS) is 16.8. The van der Waals surface area contributed by atoms with Crippen molar-refractivity contribution in [2.24, 2.45) is 4.99 Å². The van der Waals surface area contributed by atoms with Crippen LogP contribution < -0.4 is 14.8 Å². The summed E-state index contributed by atoms with van der Waals surface area (Å²) in [5.74, 6) is 3.23. The summed E-state index contributed by atoms with van der Waals surface area (Å²) in [6, 6.07) is 24.2. The van der Waals surface area contributed by atoms with E-state index in [1.165, 1.54) is 11.1 Å². The van der Waals surface area contributed by atoms with Crippen LogP contribution in [0.3, 0.4) is 0 Å². The van der Waals surface area contributed by atoms with Gasteiger partial charge in [-0.15, -0.1) is 11.8 Å². The van der Waals surface area contributed by atoms with Crippen molar-refractivity contribution >= 4 is 34.9 Å². The second-order valence-corrected chi connectivity index (χ2v) is 8.54. The molecule has 1 atom stereocenters. The minimum atomic E-state index is 0.199. The predicted octanol–water partition coefficient (Wildman–Crippen LogP) is 6.46. The van der Waals surface area contributed by atoms with Gasteiger partial charge in [-0.25, -0.2) is 0 Å². The summed E-state index contributed by atoms with van der Waals surface area (Å²) in [4.78, 5) is 4.77. The second-order valence-electron chi connectivity index (χ2n) is 7.01. The van der Waals surface area contributed by atoms with Gasteiger partial charge in [0, 0.05) is 10.7 Å². The van der Waals surface area contributed by atoms with Crippen molar-refractivity contribution in [1.82, 2.24) is 0 Å². The summed E-state index contributed by atoms with van der Waals surface area (Å²) in [5.41, 5.74) is 3.48. The van der Waals surface area contributed by atoms with Gasteiger partial charge in [-0.3, -0.25) is 4.99 Å². The van der Waals surface area contributed by atoms with Gasteiger partial charge in [-0.05, 0) is 48.4 Å². The summed E-state index contributed by atoms with van der Waals surface area (Å²) in [7, 11) is 0. The summed E-state index contributed by atoms with van der Waals surface area (Å²) in [5, 5.41) is 4.45. The molecule has 0 fully saturated rings. The molecule has 1 N–H and O–H groups in total. The van der Waals surface area contributed by atoms with E-state index in [9.17, 15) is 0 Å². The smallest absolute Gasteiger partial charge is 0.161 e. The molecule has 3 aromatic rings. The lowest BCUT2D eigenvalue weighted by molar-refractivity contribution is 0.283. The Bertz CT molecular complexity index is 1040. The molecule has 6 heteroatoms. The molecule has 4 nitrogen and oxygen atoms in total. The first kappa shape index (κ1) is 21.6. The van der Waals surface area contributed by atoms with E-state index in [0.717, 1.165) is 33.8 Å². The Morgan fingerprint density at radius 2 is 1.74 bits per heavy atom. The third kappa shape index (κ3) is 5.54. The molecule has 0 radical (unpaired) electrons. The molecule has 1 aliphatic rings. The molecule has 0 aromatic heterocycles. The van der Waals surface area contributed by atoms with Gasteiger partial charge in [0.05, 0.1) is 24.2 Å². The quantitative estimate of drug-likeness (QED) is 0.417. The molecule has 0 spiro atoms. The Kier molecular flexibility index (Phi) is 7.39. The van der Waals surface area contributed by atoms with Gasteiger partial charge < -0.3 is 14.8 Å². The van der Waals surface area contributed by atoms with Gasteiger partial charge in [-0.2, -0.15) is 0 Å². The van der Waals surface area contributed by atoms with Crippen LogP contribution in [0.4, 0.5) is 5.69 Å². The summed E-state index contributed by atoms with van der Waals surface area (Å²) < 4.78 is 11.5. The Balaban J connectivity index is 1.46. The molecule has 160 valence electrons. The molecular formula is C25H25ClN2O2S. The monoisotopic (exact) mass is 452 g/mol. The maximum Gasteiger partial charge on any atom is 0.161 e. The average Bonchev–Trinajstić information content (AvgIpc) is 2.97. The standard InChI is InChI=1S/C25H25ClN2O2S/c1-2-29-22-10-6-7-11-23(22)30-15-14-27-24-17-31-25(18-8-4-3-5-9-18)20-16-19(26)12-13-21(20)28-24/h3-13,16,25H,2,14-15,17H2,1H3,(H,27,28)/t25-/m1/s1. The lowest BCUT2D eigenvalue weighted by atomic mass is 10.0. The van der Waals surface area contributed by atoms with Crippen LogP contribution in [0.2, 0.25) is 5.02 Å². The zero-order valence-corrected chi connectivity index (χ0v) is 19.0. The average molecular weight is 453 g/mol. The number of para-hydroxylation sites is 2. The van der Waals surface area contributed by atoms with Crippen molar-refractivity contribution in [3.63, 3.8) is 0 Å². The van der Waals surface area contributed by atoms with Crippen LogP contribution in [0.15, 0.2) is 77.8 Å². The number of benzene rings is 3. The Labute approximate surface area is 192 Å². The molecule has 1 heterocycles. The van der Waals surface area contributed by atoms with Crippen LogP contribution in [-0.4, -0.2) is 31.3 Å². The lowest BCUT2D eigenvalue weighted by Crippen LogP contribution is -2.16. The summed E-state index contributed by atoms with van der Waals surface area (Å²) in [6.07, 6.45) is 0. The highest BCUT2D eigenvalue weighted by Gasteiger charge is 2.23. The van der Waals surface area contributed by atoms with Crippen LogP contribution in [0, 0.1) is 0 Å². The van der Waals surface area contributed by atoms with Gasteiger partial charge in [0.2, 0.25) is 0 Å². The molecule has 3 aromatic carbocycles. The fraction of sp³-hybridized carbons (Fsp3) is 0.240. The van der Waals surface area contributed by atoms with Gasteiger partial charge >= 0.3 is 0 Å². The van der Waals surface area contributed by atoms with Crippen molar-refractivity contribution in [1.29, 1.82) is 0 Å². The first-order chi connectivity index (χ1) is 15.2. The van der Waals surface area contributed by atoms with Crippen LogP contribution >= 0.6 is 23.4 Å². The van der Waals surface area contributed by atoms with E-state index in [-0.39, 0.29) is 5.25 Å². The highest BCUT2D eigenvalue weighted by molar-refractivity contribution is 8.00. The van der Waals surface area contributed by atoms with Crippen LogP contribution in [0.5, 0.6) is 11.5 Å². The number of amidine groups is 1. The molecule has 4 rings (SSSR count). The van der Waals surface area contributed by atoms with Gasteiger partial charge in [0.1, 0.15) is 12.4 Å². The highest BCUT2D eigenvalue weighted by atomic mass is 35.5. The number of ether oxygens (including phenoxy) is 2.